The maximum absolute atomic E-state index is 12.7. The molecule has 1 fully saturated rings. The lowest BCUT2D eigenvalue weighted by atomic mass is 9.98. The Bertz CT molecular complexity index is 696. The van der Waals surface area contributed by atoms with Gasteiger partial charge in [-0.2, -0.15) is 0 Å². The molecule has 0 spiro atoms. The Morgan fingerprint density at radius 3 is 2.42 bits per heavy atom. The van der Waals surface area contributed by atoms with Gasteiger partial charge in [0.1, 0.15) is 0 Å². The molecule has 2 heterocycles. The van der Waals surface area contributed by atoms with E-state index in [1.54, 1.807) is 12.4 Å². The van der Waals surface area contributed by atoms with Crippen LogP contribution in [0.4, 0.5) is 0 Å². The number of piperidine rings is 1. The average molecular weight is 352 g/mol. The van der Waals surface area contributed by atoms with E-state index in [1.807, 2.05) is 19.2 Å². The van der Waals surface area contributed by atoms with Crippen molar-refractivity contribution in [1.29, 1.82) is 0 Å². The van der Waals surface area contributed by atoms with Crippen LogP contribution in [0.3, 0.4) is 0 Å². The third-order valence-corrected chi connectivity index (χ3v) is 5.08. The number of aryl methyl sites for hydroxylation is 1. The summed E-state index contributed by atoms with van der Waals surface area (Å²) in [6, 6.07) is 12.6. The third kappa shape index (κ3) is 4.90. The maximum atomic E-state index is 12.7. The second kappa shape index (κ2) is 8.92. The maximum Gasteiger partial charge on any atom is 0.234 e. The first-order valence-corrected chi connectivity index (χ1v) is 9.30. The predicted molar refractivity (Wildman–Crippen MR) is 104 cm³/mol. The SMILES string of the molecule is Cc1ccc([C@H](NC(=O)CN(C)C2CCNCC2)c2ccncc2)cc1. The standard InChI is InChI=1S/C21H28N4O/c1-16-3-5-17(6-4-16)21(18-7-11-22-12-8-18)24-20(26)15-25(2)19-9-13-23-14-10-19/h3-8,11-12,19,21,23H,9-10,13-15H2,1-2H3,(H,24,26)/t21-/m0/s1. The van der Waals surface area contributed by atoms with Gasteiger partial charge < -0.3 is 10.6 Å². The number of aromatic nitrogens is 1. The molecule has 2 aromatic rings. The summed E-state index contributed by atoms with van der Waals surface area (Å²) in [7, 11) is 2.04. The zero-order valence-corrected chi connectivity index (χ0v) is 15.6. The topological polar surface area (TPSA) is 57.3 Å². The van der Waals surface area contributed by atoms with Gasteiger partial charge in [0.2, 0.25) is 5.91 Å². The molecular formula is C21H28N4O. The first kappa shape index (κ1) is 18.5. The molecule has 0 aliphatic carbocycles. The van der Waals surface area contributed by atoms with Gasteiger partial charge in [0.05, 0.1) is 12.6 Å². The molecule has 26 heavy (non-hydrogen) atoms. The highest BCUT2D eigenvalue weighted by molar-refractivity contribution is 5.79. The molecule has 1 amide bonds. The average Bonchev–Trinajstić information content (AvgIpc) is 2.68. The first-order valence-electron chi connectivity index (χ1n) is 9.30. The van der Waals surface area contributed by atoms with E-state index in [9.17, 15) is 4.79 Å². The predicted octanol–water partition coefficient (Wildman–Crippen LogP) is 2.28. The lowest BCUT2D eigenvalue weighted by Crippen LogP contribution is -2.46. The number of hydrogen-bond donors (Lipinski definition) is 2. The highest BCUT2D eigenvalue weighted by atomic mass is 16.2. The van der Waals surface area contributed by atoms with Crippen LogP contribution in [0.2, 0.25) is 0 Å². The van der Waals surface area contributed by atoms with Crippen LogP contribution in [0.5, 0.6) is 0 Å². The highest BCUT2D eigenvalue weighted by Gasteiger charge is 2.22. The van der Waals surface area contributed by atoms with Gasteiger partial charge >= 0.3 is 0 Å². The van der Waals surface area contributed by atoms with Crippen molar-refractivity contribution in [3.63, 3.8) is 0 Å². The molecule has 0 radical (unpaired) electrons. The molecule has 5 nitrogen and oxygen atoms in total. The Hall–Kier alpha value is -2.24. The van der Waals surface area contributed by atoms with Gasteiger partial charge in [0, 0.05) is 18.4 Å². The number of pyridine rings is 1. The summed E-state index contributed by atoms with van der Waals surface area (Å²) in [4.78, 5) is 19.0. The van der Waals surface area contributed by atoms with Crippen LogP contribution >= 0.6 is 0 Å². The number of hydrogen-bond acceptors (Lipinski definition) is 4. The summed E-state index contributed by atoms with van der Waals surface area (Å²) in [6.45, 7) is 4.54. The van der Waals surface area contributed by atoms with Crippen molar-refractivity contribution in [2.45, 2.75) is 31.8 Å². The smallest absolute Gasteiger partial charge is 0.234 e. The fourth-order valence-corrected chi connectivity index (χ4v) is 3.48. The van der Waals surface area contributed by atoms with Gasteiger partial charge in [-0.25, -0.2) is 0 Å². The number of nitrogens with one attached hydrogen (secondary N) is 2. The van der Waals surface area contributed by atoms with Crippen molar-refractivity contribution in [1.82, 2.24) is 20.5 Å². The molecule has 0 unspecified atom stereocenters. The lowest BCUT2D eigenvalue weighted by molar-refractivity contribution is -0.123. The Kier molecular flexibility index (Phi) is 6.36. The van der Waals surface area contributed by atoms with Crippen LogP contribution in [-0.2, 0) is 4.79 Å². The van der Waals surface area contributed by atoms with E-state index in [4.69, 9.17) is 0 Å². The molecule has 2 N–H and O–H groups in total. The number of nitrogens with zero attached hydrogens (tertiary/aromatic N) is 2. The molecule has 1 aromatic heterocycles. The Balaban J connectivity index is 1.70. The van der Waals surface area contributed by atoms with Crippen molar-refractivity contribution >= 4 is 5.91 Å². The number of amides is 1. The van der Waals surface area contributed by atoms with E-state index in [-0.39, 0.29) is 11.9 Å². The quantitative estimate of drug-likeness (QED) is 0.837. The van der Waals surface area contributed by atoms with Crippen LogP contribution in [0.1, 0.15) is 35.6 Å². The highest BCUT2D eigenvalue weighted by Crippen LogP contribution is 2.22. The van der Waals surface area contributed by atoms with Crippen molar-refractivity contribution in [3.8, 4) is 0 Å². The summed E-state index contributed by atoms with van der Waals surface area (Å²) in [5, 5.41) is 6.58. The second-order valence-corrected chi connectivity index (χ2v) is 7.09. The van der Waals surface area contributed by atoms with Crippen molar-refractivity contribution in [2.24, 2.45) is 0 Å². The molecule has 3 rings (SSSR count). The minimum atomic E-state index is -0.160. The fourth-order valence-electron chi connectivity index (χ4n) is 3.48. The summed E-state index contributed by atoms with van der Waals surface area (Å²) < 4.78 is 0. The molecule has 1 aromatic carbocycles. The molecule has 1 saturated heterocycles. The number of carbonyl (C=O) groups excluding carboxylic acids is 1. The molecule has 138 valence electrons. The monoisotopic (exact) mass is 352 g/mol. The third-order valence-electron chi connectivity index (χ3n) is 5.08. The number of rotatable bonds is 6. The van der Waals surface area contributed by atoms with Crippen molar-refractivity contribution in [3.05, 3.63) is 65.5 Å². The van der Waals surface area contributed by atoms with Gasteiger partial charge in [-0.1, -0.05) is 29.8 Å². The van der Waals surface area contributed by atoms with Gasteiger partial charge in [-0.15, -0.1) is 0 Å². The zero-order chi connectivity index (χ0) is 18.4. The molecule has 5 heteroatoms. The Morgan fingerprint density at radius 2 is 1.77 bits per heavy atom. The molecular weight excluding hydrogens is 324 g/mol. The minimum Gasteiger partial charge on any atom is -0.344 e. The van der Waals surface area contributed by atoms with E-state index in [0.29, 0.717) is 12.6 Å². The van der Waals surface area contributed by atoms with Gasteiger partial charge in [0.25, 0.3) is 0 Å². The summed E-state index contributed by atoms with van der Waals surface area (Å²) in [6.07, 6.45) is 5.72. The van der Waals surface area contributed by atoms with Crippen LogP contribution in [-0.4, -0.2) is 48.5 Å². The normalized spacial score (nSPS) is 16.4. The molecule has 1 atom stereocenters. The zero-order valence-electron chi connectivity index (χ0n) is 15.6. The largest absolute Gasteiger partial charge is 0.344 e. The van der Waals surface area contributed by atoms with Crippen LogP contribution in [0, 0.1) is 6.92 Å². The summed E-state index contributed by atoms with van der Waals surface area (Å²) in [5.41, 5.74) is 3.33. The van der Waals surface area contributed by atoms with E-state index in [0.717, 1.165) is 37.1 Å². The Morgan fingerprint density at radius 1 is 1.15 bits per heavy atom. The minimum absolute atomic E-state index is 0.0495. The van der Waals surface area contributed by atoms with E-state index in [2.05, 4.69) is 51.7 Å². The van der Waals surface area contributed by atoms with Gasteiger partial charge in [0.15, 0.2) is 0 Å². The van der Waals surface area contributed by atoms with Gasteiger partial charge in [-0.3, -0.25) is 14.7 Å². The first-order chi connectivity index (χ1) is 12.6. The fraction of sp³-hybridized carbons (Fsp3) is 0.429. The van der Waals surface area contributed by atoms with Crippen LogP contribution in [0.25, 0.3) is 0 Å². The van der Waals surface area contributed by atoms with Crippen LogP contribution < -0.4 is 10.6 Å². The van der Waals surface area contributed by atoms with E-state index >= 15 is 0 Å². The molecule has 0 saturated carbocycles. The van der Waals surface area contributed by atoms with Crippen LogP contribution in [0.15, 0.2) is 48.8 Å². The summed E-state index contributed by atoms with van der Waals surface area (Å²) in [5.74, 6) is 0.0495. The lowest BCUT2D eigenvalue weighted by Gasteiger charge is -2.31. The number of likely N-dealkylation sites (N-methyl/N-ethyl adjacent to an activating group) is 1. The second-order valence-electron chi connectivity index (χ2n) is 7.09. The van der Waals surface area contributed by atoms with E-state index < -0.39 is 0 Å². The molecule has 1 aliphatic rings. The Labute approximate surface area is 155 Å². The van der Waals surface area contributed by atoms with E-state index in [1.165, 1.54) is 5.56 Å². The summed E-state index contributed by atoms with van der Waals surface area (Å²) >= 11 is 0. The van der Waals surface area contributed by atoms with Crippen molar-refractivity contribution in [2.75, 3.05) is 26.7 Å². The van der Waals surface area contributed by atoms with Gasteiger partial charge in [-0.05, 0) is 63.2 Å². The molecule has 0 bridgehead atoms. The molecule has 1 aliphatic heterocycles. The number of carbonyl (C=O) groups is 1. The number of benzene rings is 1. The van der Waals surface area contributed by atoms with Crippen molar-refractivity contribution < 1.29 is 4.79 Å².